The van der Waals surface area contributed by atoms with Gasteiger partial charge in [0, 0.05) is 9.79 Å². The van der Waals surface area contributed by atoms with E-state index in [2.05, 4.69) is 60.7 Å². The molecule has 3 aromatic carbocycles. The second-order valence-electron chi connectivity index (χ2n) is 4.67. The molecule has 0 heterocycles. The molecule has 0 atom stereocenters. The fourth-order valence-corrected chi connectivity index (χ4v) is 2.96. The van der Waals surface area contributed by atoms with Crippen LogP contribution in [-0.2, 0) is 0 Å². The molecule has 2 heteroatoms. The largest absolute Gasteiger partial charge is 0.497 e. The molecule has 0 saturated carbocycles. The first-order valence-corrected chi connectivity index (χ1v) is 7.64. The lowest BCUT2D eigenvalue weighted by Crippen LogP contribution is -1.82. The van der Waals surface area contributed by atoms with Crippen LogP contribution in [0.1, 0.15) is 0 Å². The molecular weight excluding hydrogens is 276 g/mol. The predicted molar refractivity (Wildman–Crippen MR) is 89.0 cm³/mol. The Kier molecular flexibility index (Phi) is 4.27. The van der Waals surface area contributed by atoms with E-state index in [0.29, 0.717) is 0 Å². The van der Waals surface area contributed by atoms with Crippen molar-refractivity contribution < 1.29 is 4.74 Å². The smallest absolute Gasteiger partial charge is 0.118 e. The van der Waals surface area contributed by atoms with E-state index in [1.54, 1.807) is 18.9 Å². The molecule has 0 N–H and O–H groups in total. The summed E-state index contributed by atoms with van der Waals surface area (Å²) in [7, 11) is 1.69. The van der Waals surface area contributed by atoms with Gasteiger partial charge in [-0.3, -0.25) is 0 Å². The average Bonchev–Trinajstić information content (AvgIpc) is 2.57. The summed E-state index contributed by atoms with van der Waals surface area (Å²) in [6.07, 6.45) is 0. The van der Waals surface area contributed by atoms with E-state index in [9.17, 15) is 0 Å². The zero-order valence-electron chi connectivity index (χ0n) is 11.8. The number of hydrogen-bond acceptors (Lipinski definition) is 2. The second-order valence-corrected chi connectivity index (χ2v) is 5.81. The van der Waals surface area contributed by atoms with E-state index in [4.69, 9.17) is 4.74 Å². The van der Waals surface area contributed by atoms with Crippen molar-refractivity contribution in [3.63, 3.8) is 0 Å². The Hall–Kier alpha value is -2.19. The molecule has 0 bridgehead atoms. The Morgan fingerprint density at radius 3 is 1.71 bits per heavy atom. The molecule has 1 nitrogen and oxygen atoms in total. The van der Waals surface area contributed by atoms with Gasteiger partial charge in [-0.2, -0.15) is 0 Å². The topological polar surface area (TPSA) is 9.23 Å². The molecule has 104 valence electrons. The van der Waals surface area contributed by atoms with Gasteiger partial charge in [-0.25, -0.2) is 0 Å². The highest BCUT2D eigenvalue weighted by Gasteiger charge is 2.00. The summed E-state index contributed by atoms with van der Waals surface area (Å²) in [5.41, 5.74) is 2.42. The first-order valence-electron chi connectivity index (χ1n) is 6.82. The van der Waals surface area contributed by atoms with Gasteiger partial charge in [0.1, 0.15) is 5.75 Å². The lowest BCUT2D eigenvalue weighted by atomic mass is 10.1. The van der Waals surface area contributed by atoms with Crippen LogP contribution in [0.3, 0.4) is 0 Å². The van der Waals surface area contributed by atoms with Gasteiger partial charge in [-0.15, -0.1) is 0 Å². The van der Waals surface area contributed by atoms with Crippen LogP contribution >= 0.6 is 11.8 Å². The Morgan fingerprint density at radius 1 is 0.619 bits per heavy atom. The second kappa shape index (κ2) is 6.51. The Morgan fingerprint density at radius 2 is 1.14 bits per heavy atom. The van der Waals surface area contributed by atoms with Crippen molar-refractivity contribution >= 4 is 11.8 Å². The van der Waals surface area contributed by atoms with E-state index in [0.717, 1.165) is 5.75 Å². The SMILES string of the molecule is COc1ccc(-c2ccc(Sc3ccccc3)cc2)cc1. The monoisotopic (exact) mass is 292 g/mol. The van der Waals surface area contributed by atoms with E-state index in [1.165, 1.54) is 20.9 Å². The molecule has 0 radical (unpaired) electrons. The number of methoxy groups -OCH3 is 1. The maximum atomic E-state index is 5.19. The minimum atomic E-state index is 0.884. The fraction of sp³-hybridized carbons (Fsp3) is 0.0526. The van der Waals surface area contributed by atoms with E-state index in [1.807, 2.05) is 18.2 Å². The summed E-state index contributed by atoms with van der Waals surface area (Å²) in [5, 5.41) is 0. The Labute approximate surface area is 129 Å². The van der Waals surface area contributed by atoms with Gasteiger partial charge in [0.05, 0.1) is 7.11 Å². The minimum absolute atomic E-state index is 0.884. The molecule has 3 aromatic rings. The van der Waals surface area contributed by atoms with Crippen molar-refractivity contribution in [2.75, 3.05) is 7.11 Å². The van der Waals surface area contributed by atoms with Gasteiger partial charge in [0.25, 0.3) is 0 Å². The van der Waals surface area contributed by atoms with Crippen molar-refractivity contribution in [1.82, 2.24) is 0 Å². The zero-order valence-corrected chi connectivity index (χ0v) is 12.6. The normalized spacial score (nSPS) is 10.3. The molecule has 21 heavy (non-hydrogen) atoms. The van der Waals surface area contributed by atoms with Crippen molar-refractivity contribution in [3.8, 4) is 16.9 Å². The molecule has 0 unspecified atom stereocenters. The van der Waals surface area contributed by atoms with Crippen LogP contribution in [0.15, 0.2) is 88.7 Å². The average molecular weight is 292 g/mol. The molecule has 0 aliphatic heterocycles. The standard InChI is InChI=1S/C19H16OS/c1-20-17-11-7-15(8-12-17)16-9-13-19(14-10-16)21-18-5-3-2-4-6-18/h2-14H,1H3. The number of benzene rings is 3. The van der Waals surface area contributed by atoms with E-state index >= 15 is 0 Å². The van der Waals surface area contributed by atoms with Crippen LogP contribution in [0.5, 0.6) is 5.75 Å². The van der Waals surface area contributed by atoms with Crippen LogP contribution in [0, 0.1) is 0 Å². The molecule has 0 amide bonds. The molecule has 0 spiro atoms. The quantitative estimate of drug-likeness (QED) is 0.626. The third kappa shape index (κ3) is 3.47. The fourth-order valence-electron chi connectivity index (χ4n) is 2.12. The third-order valence-electron chi connectivity index (χ3n) is 3.26. The lowest BCUT2D eigenvalue weighted by Gasteiger charge is -2.06. The van der Waals surface area contributed by atoms with E-state index < -0.39 is 0 Å². The molecule has 0 fully saturated rings. The van der Waals surface area contributed by atoms with Crippen LogP contribution in [0.25, 0.3) is 11.1 Å². The lowest BCUT2D eigenvalue weighted by molar-refractivity contribution is 0.415. The summed E-state index contributed by atoms with van der Waals surface area (Å²) in [6.45, 7) is 0. The number of hydrogen-bond donors (Lipinski definition) is 0. The number of rotatable bonds is 4. The molecule has 0 aliphatic carbocycles. The van der Waals surface area contributed by atoms with Crippen LogP contribution in [0.4, 0.5) is 0 Å². The number of ether oxygens (including phenoxy) is 1. The summed E-state index contributed by atoms with van der Waals surface area (Å²) >= 11 is 1.78. The van der Waals surface area contributed by atoms with Crippen molar-refractivity contribution in [3.05, 3.63) is 78.9 Å². The van der Waals surface area contributed by atoms with Gasteiger partial charge in [0.15, 0.2) is 0 Å². The minimum Gasteiger partial charge on any atom is -0.497 e. The highest BCUT2D eigenvalue weighted by atomic mass is 32.2. The highest BCUT2D eigenvalue weighted by molar-refractivity contribution is 7.99. The first-order chi connectivity index (χ1) is 10.3. The summed E-state index contributed by atoms with van der Waals surface area (Å²) in [6, 6.07) is 27.2. The van der Waals surface area contributed by atoms with Gasteiger partial charge in [-0.1, -0.05) is 54.2 Å². The van der Waals surface area contributed by atoms with Crippen molar-refractivity contribution in [1.29, 1.82) is 0 Å². The van der Waals surface area contributed by atoms with Crippen molar-refractivity contribution in [2.45, 2.75) is 9.79 Å². The van der Waals surface area contributed by atoms with Gasteiger partial charge < -0.3 is 4.74 Å². The first kappa shape index (κ1) is 13.8. The van der Waals surface area contributed by atoms with Gasteiger partial charge in [0.2, 0.25) is 0 Å². The van der Waals surface area contributed by atoms with Gasteiger partial charge in [-0.05, 0) is 47.5 Å². The highest BCUT2D eigenvalue weighted by Crippen LogP contribution is 2.30. The van der Waals surface area contributed by atoms with Crippen molar-refractivity contribution in [2.24, 2.45) is 0 Å². The summed E-state index contributed by atoms with van der Waals surface area (Å²) in [5.74, 6) is 0.884. The predicted octanol–water partition coefficient (Wildman–Crippen LogP) is 5.51. The van der Waals surface area contributed by atoms with Crippen LogP contribution in [0.2, 0.25) is 0 Å². The van der Waals surface area contributed by atoms with E-state index in [-0.39, 0.29) is 0 Å². The maximum Gasteiger partial charge on any atom is 0.118 e. The molecule has 0 aromatic heterocycles. The molecule has 3 rings (SSSR count). The third-order valence-corrected chi connectivity index (χ3v) is 4.27. The maximum absolute atomic E-state index is 5.19. The molecule has 0 aliphatic rings. The molecule has 0 saturated heterocycles. The van der Waals surface area contributed by atoms with Crippen LogP contribution in [-0.4, -0.2) is 7.11 Å². The van der Waals surface area contributed by atoms with Crippen LogP contribution < -0.4 is 4.74 Å². The summed E-state index contributed by atoms with van der Waals surface area (Å²) < 4.78 is 5.19. The summed E-state index contributed by atoms with van der Waals surface area (Å²) in [4.78, 5) is 2.51. The Balaban J connectivity index is 1.77. The molecular formula is C19H16OS. The van der Waals surface area contributed by atoms with Gasteiger partial charge >= 0.3 is 0 Å². The Bertz CT molecular complexity index is 688. The zero-order chi connectivity index (χ0) is 14.5.